The number of ether oxygens (including phenoxy) is 1. The summed E-state index contributed by atoms with van der Waals surface area (Å²) in [5.74, 6) is 0.130. The number of hydrogen-bond donors (Lipinski definition) is 2. The van der Waals surface area contributed by atoms with Crippen molar-refractivity contribution in [1.82, 2.24) is 0 Å². The molecule has 0 bridgehead atoms. The summed E-state index contributed by atoms with van der Waals surface area (Å²) in [5, 5.41) is 12.9. The van der Waals surface area contributed by atoms with Crippen molar-refractivity contribution in [2.24, 2.45) is 5.41 Å². The number of carbonyl (C=O) groups is 1. The smallest absolute Gasteiger partial charge is 0.337 e. The Morgan fingerprint density at radius 1 is 1.35 bits per heavy atom. The number of esters is 1. The van der Waals surface area contributed by atoms with Crippen molar-refractivity contribution in [2.75, 3.05) is 5.32 Å². The molecule has 2 N–H and O–H groups in total. The van der Waals surface area contributed by atoms with E-state index in [0.29, 0.717) is 11.4 Å². The van der Waals surface area contributed by atoms with E-state index in [9.17, 15) is 9.90 Å². The van der Waals surface area contributed by atoms with E-state index in [4.69, 9.17) is 4.74 Å². The van der Waals surface area contributed by atoms with Gasteiger partial charge in [0.2, 0.25) is 0 Å². The number of anilines is 1. The lowest BCUT2D eigenvalue weighted by atomic mass is 9.74. The molecule has 0 fully saturated rings. The van der Waals surface area contributed by atoms with Crippen LogP contribution >= 0.6 is 0 Å². The molecular formula is C13H17NO3. The van der Waals surface area contributed by atoms with Crippen LogP contribution in [0.5, 0.6) is 11.5 Å². The van der Waals surface area contributed by atoms with Crippen LogP contribution in [-0.4, -0.2) is 16.6 Å². The molecule has 1 heterocycles. The van der Waals surface area contributed by atoms with Crippen LogP contribution in [0.25, 0.3) is 0 Å². The zero-order valence-electron chi connectivity index (χ0n) is 10.5. The third-order valence-electron chi connectivity index (χ3n) is 3.49. The molecule has 2 rings (SSSR count). The number of aromatic hydroxyl groups is 1. The quantitative estimate of drug-likeness (QED) is 0.412. The Kier molecular flexibility index (Phi) is 2.35. The van der Waals surface area contributed by atoms with Crippen LogP contribution < -0.4 is 10.1 Å². The molecule has 1 unspecified atom stereocenters. The third kappa shape index (κ3) is 1.64. The number of nitrogens with one attached hydrogen (secondary N) is 1. The maximum atomic E-state index is 12.1. The number of phenols is 1. The first-order chi connectivity index (χ1) is 7.75. The van der Waals surface area contributed by atoms with Crippen LogP contribution in [0.15, 0.2) is 18.2 Å². The highest BCUT2D eigenvalue weighted by Gasteiger charge is 2.49. The Morgan fingerprint density at radius 3 is 2.59 bits per heavy atom. The molecule has 0 aromatic heterocycles. The molecule has 0 radical (unpaired) electrons. The topological polar surface area (TPSA) is 58.6 Å². The van der Waals surface area contributed by atoms with Crippen LogP contribution in [0.2, 0.25) is 0 Å². The molecule has 0 amide bonds. The van der Waals surface area contributed by atoms with Gasteiger partial charge in [-0.25, -0.2) is 4.79 Å². The van der Waals surface area contributed by atoms with Gasteiger partial charge in [0, 0.05) is 0 Å². The van der Waals surface area contributed by atoms with E-state index in [2.05, 4.69) is 5.32 Å². The van der Waals surface area contributed by atoms with Crippen molar-refractivity contribution in [1.29, 1.82) is 0 Å². The lowest BCUT2D eigenvalue weighted by Crippen LogP contribution is -2.57. The summed E-state index contributed by atoms with van der Waals surface area (Å²) < 4.78 is 5.29. The minimum Gasteiger partial charge on any atom is -0.506 e. The van der Waals surface area contributed by atoms with Crippen LogP contribution in [0.3, 0.4) is 0 Å². The van der Waals surface area contributed by atoms with Gasteiger partial charge >= 0.3 is 5.97 Å². The van der Waals surface area contributed by atoms with Crippen LogP contribution in [0.1, 0.15) is 27.7 Å². The molecule has 1 aliphatic rings. The lowest BCUT2D eigenvalue weighted by Gasteiger charge is -2.43. The highest BCUT2D eigenvalue weighted by molar-refractivity contribution is 5.92. The van der Waals surface area contributed by atoms with Gasteiger partial charge in [-0.05, 0) is 24.5 Å². The minimum absolute atomic E-state index is 0.0884. The Labute approximate surface area is 101 Å². The van der Waals surface area contributed by atoms with E-state index < -0.39 is 5.54 Å². The number of rotatable bonds is 0. The van der Waals surface area contributed by atoms with Crippen molar-refractivity contribution < 1.29 is 14.6 Å². The summed E-state index contributed by atoms with van der Waals surface area (Å²) >= 11 is 0. The zero-order valence-corrected chi connectivity index (χ0v) is 10.5. The fraction of sp³-hybridized carbons (Fsp3) is 0.462. The predicted octanol–water partition coefficient (Wildman–Crippen LogP) is 2.53. The van der Waals surface area contributed by atoms with Gasteiger partial charge in [-0.3, -0.25) is 0 Å². The number of para-hydroxylation sites is 1. The second-order valence-corrected chi connectivity index (χ2v) is 5.54. The standard InChI is InChI=1S/C13H17NO3/c1-12(2,3)13(4)11(16)17-9-7-5-6-8(15)10(9)14-13/h5-7,14-15H,1-4H3. The van der Waals surface area contributed by atoms with Crippen molar-refractivity contribution in [3.63, 3.8) is 0 Å². The molecule has 4 heteroatoms. The van der Waals surface area contributed by atoms with E-state index in [1.807, 2.05) is 20.8 Å². The van der Waals surface area contributed by atoms with Gasteiger partial charge in [-0.1, -0.05) is 26.8 Å². The molecule has 4 nitrogen and oxygen atoms in total. The molecule has 1 atom stereocenters. The second kappa shape index (κ2) is 3.39. The number of benzene rings is 1. The van der Waals surface area contributed by atoms with Gasteiger partial charge in [0.25, 0.3) is 0 Å². The van der Waals surface area contributed by atoms with Crippen molar-refractivity contribution in [3.05, 3.63) is 18.2 Å². The van der Waals surface area contributed by atoms with E-state index in [1.165, 1.54) is 0 Å². The Hall–Kier alpha value is -1.71. The zero-order chi connectivity index (χ0) is 12.8. The van der Waals surface area contributed by atoms with Crippen molar-refractivity contribution in [3.8, 4) is 11.5 Å². The van der Waals surface area contributed by atoms with Gasteiger partial charge < -0.3 is 15.2 Å². The largest absolute Gasteiger partial charge is 0.506 e. The summed E-state index contributed by atoms with van der Waals surface area (Å²) in [7, 11) is 0. The molecule has 1 aromatic rings. The SMILES string of the molecule is CC(C)(C)C1(C)Nc2c(O)cccc2OC1=O. The molecule has 92 valence electrons. The second-order valence-electron chi connectivity index (χ2n) is 5.54. The maximum Gasteiger partial charge on any atom is 0.337 e. The van der Waals surface area contributed by atoms with Crippen molar-refractivity contribution >= 4 is 11.7 Å². The van der Waals surface area contributed by atoms with Gasteiger partial charge in [-0.15, -0.1) is 0 Å². The number of phenolic OH excluding ortho intramolecular Hbond substituents is 1. The van der Waals surface area contributed by atoms with E-state index >= 15 is 0 Å². The monoisotopic (exact) mass is 235 g/mol. The predicted molar refractivity (Wildman–Crippen MR) is 65.2 cm³/mol. The average Bonchev–Trinajstić information content (AvgIpc) is 2.20. The minimum atomic E-state index is -0.862. The summed E-state index contributed by atoms with van der Waals surface area (Å²) in [5.41, 5.74) is -0.715. The fourth-order valence-corrected chi connectivity index (χ4v) is 1.73. The first-order valence-corrected chi connectivity index (χ1v) is 5.58. The van der Waals surface area contributed by atoms with Gasteiger partial charge in [0.15, 0.2) is 5.75 Å². The van der Waals surface area contributed by atoms with Gasteiger partial charge in [-0.2, -0.15) is 0 Å². The van der Waals surface area contributed by atoms with E-state index in [-0.39, 0.29) is 17.1 Å². The fourth-order valence-electron chi connectivity index (χ4n) is 1.73. The van der Waals surface area contributed by atoms with E-state index in [1.54, 1.807) is 25.1 Å². The Balaban J connectivity index is 2.52. The Bertz CT molecular complexity index is 476. The molecule has 1 aliphatic heterocycles. The molecular weight excluding hydrogens is 218 g/mol. The molecule has 0 spiro atoms. The molecule has 0 saturated heterocycles. The van der Waals surface area contributed by atoms with Gasteiger partial charge in [0.1, 0.15) is 17.0 Å². The lowest BCUT2D eigenvalue weighted by molar-refractivity contribution is -0.143. The number of carbonyl (C=O) groups excluding carboxylic acids is 1. The van der Waals surface area contributed by atoms with Crippen molar-refractivity contribution in [2.45, 2.75) is 33.2 Å². The van der Waals surface area contributed by atoms with E-state index in [0.717, 1.165) is 0 Å². The highest BCUT2D eigenvalue weighted by Crippen LogP contribution is 2.44. The summed E-state index contributed by atoms with van der Waals surface area (Å²) in [4.78, 5) is 12.1. The Morgan fingerprint density at radius 2 is 2.00 bits per heavy atom. The summed E-state index contributed by atoms with van der Waals surface area (Å²) in [6.07, 6.45) is 0. The van der Waals surface area contributed by atoms with Crippen LogP contribution in [-0.2, 0) is 4.79 Å². The maximum absolute atomic E-state index is 12.1. The molecule has 1 aromatic carbocycles. The number of fused-ring (bicyclic) bond motifs is 1. The first-order valence-electron chi connectivity index (χ1n) is 5.58. The molecule has 17 heavy (non-hydrogen) atoms. The van der Waals surface area contributed by atoms with Crippen LogP contribution in [0.4, 0.5) is 5.69 Å². The number of hydrogen-bond acceptors (Lipinski definition) is 4. The highest BCUT2D eigenvalue weighted by atomic mass is 16.5. The first kappa shape index (κ1) is 11.8. The normalized spacial score (nSPS) is 23.6. The molecule has 0 aliphatic carbocycles. The van der Waals surface area contributed by atoms with Crippen LogP contribution in [0, 0.1) is 5.41 Å². The third-order valence-corrected chi connectivity index (χ3v) is 3.49. The van der Waals surface area contributed by atoms with Gasteiger partial charge in [0.05, 0.1) is 0 Å². The summed E-state index contributed by atoms with van der Waals surface area (Å²) in [6.45, 7) is 7.63. The molecule has 0 saturated carbocycles. The average molecular weight is 235 g/mol. The summed E-state index contributed by atoms with van der Waals surface area (Å²) in [6, 6.07) is 4.86.